The van der Waals surface area contributed by atoms with Crippen LogP contribution in [0.4, 0.5) is 0 Å². The lowest BCUT2D eigenvalue weighted by molar-refractivity contribution is -0.296. The Balaban J connectivity index is 0.908. The Morgan fingerprint density at radius 2 is 0.936 bits per heavy atom. The van der Waals surface area contributed by atoms with Gasteiger partial charge in [-0.25, -0.2) is 15.8 Å². The zero-order valence-electron chi connectivity index (χ0n) is 60.3. The molecule has 31 heteroatoms. The number of benzene rings is 7. The molecule has 3 aliphatic rings. The van der Waals surface area contributed by atoms with E-state index in [2.05, 4.69) is 21.6 Å². The fraction of sp³-hybridized carbons (Fsp3) is 0.397. The van der Waals surface area contributed by atoms with Crippen molar-refractivity contribution < 1.29 is 118 Å². The van der Waals surface area contributed by atoms with Crippen LogP contribution in [-0.4, -0.2) is 166 Å². The summed E-state index contributed by atoms with van der Waals surface area (Å²) < 4.78 is 115. The van der Waals surface area contributed by atoms with Crippen LogP contribution in [0.15, 0.2) is 206 Å². The number of hydrogen-bond donors (Lipinski definition) is 6. The minimum Gasteiger partial charge on any atom is -0.478 e. The molecule has 7 aromatic rings. The molecule has 7 aromatic carbocycles. The Morgan fingerprint density at radius 1 is 0.495 bits per heavy atom. The zero-order chi connectivity index (χ0) is 76.7. The average Bonchev–Trinajstić information content (AvgIpc) is 0.743. The Bertz CT molecular complexity index is 3990. The van der Waals surface area contributed by atoms with Crippen LogP contribution in [0.5, 0.6) is 0 Å². The molecule has 2 unspecified atom stereocenters. The number of carboxylic acid groups (broad SMARTS) is 1. The first-order chi connectivity index (χ1) is 53.1. The van der Waals surface area contributed by atoms with Gasteiger partial charge in [-0.2, -0.15) is 0 Å². The molecule has 3 heterocycles. The van der Waals surface area contributed by atoms with Gasteiger partial charge in [0.15, 0.2) is 18.9 Å². The maximum Gasteiger partial charge on any atom is 0.336 e. The predicted octanol–water partition coefficient (Wildman–Crippen LogP) is 8.67. The van der Waals surface area contributed by atoms with Gasteiger partial charge in [-0.3, -0.25) is 47.0 Å². The predicted molar refractivity (Wildman–Crippen MR) is 391 cm³/mol. The van der Waals surface area contributed by atoms with Crippen LogP contribution in [0.2, 0.25) is 0 Å². The van der Waals surface area contributed by atoms with Crippen molar-refractivity contribution in [3.05, 3.63) is 251 Å². The van der Waals surface area contributed by atoms with E-state index in [0.717, 1.165) is 30.9 Å². The molecule has 0 radical (unpaired) electrons. The summed E-state index contributed by atoms with van der Waals surface area (Å²) in [6.07, 6.45) is -15.8. The summed E-state index contributed by atoms with van der Waals surface area (Å²) in [4.78, 5) is 80.8. The largest absolute Gasteiger partial charge is 0.478 e. The smallest absolute Gasteiger partial charge is 0.336 e. The Kier molecular flexibility index (Phi) is 33.0. The minimum atomic E-state index is -3.45. The van der Waals surface area contributed by atoms with Crippen LogP contribution in [0, 0.1) is 5.92 Å². The van der Waals surface area contributed by atoms with Crippen molar-refractivity contribution in [2.75, 3.05) is 47.2 Å². The van der Waals surface area contributed by atoms with Crippen molar-refractivity contribution in [3.8, 4) is 0 Å². The minimum absolute atomic E-state index is 0.0282. The molecule has 0 bridgehead atoms. The van der Waals surface area contributed by atoms with Crippen molar-refractivity contribution in [2.24, 2.45) is 5.92 Å². The number of carbonyl (C=O) groups is 5. The normalized spacial score (nSPS) is 24.6. The summed E-state index contributed by atoms with van der Waals surface area (Å²) >= 11 is 0. The number of rotatable bonds is 42. The SMILES string of the molecule is CO[PH](=O)O[C@H]1O[C@H](CONC(=O)C[C@]2(NC(C)=O)[C@@H](O[PH](=O)OC)O[C@H](CO)[C@@H](OCc3ccccc3)[C@@H]2OCc2ccccc2)[C@@H](OCc2ccccc2)[C@H](OCc2ccccc2)[C@H]1CC(=O)NOC[C@H]1O[C@H](OCCNC(=O)c2ccccc2C(=O)O)C[C@@H](OCc2ccccc2)[C@@H]1OCc1ccccc1. The fourth-order valence-corrected chi connectivity index (χ4v) is 14.0. The van der Waals surface area contributed by atoms with Gasteiger partial charge in [0.25, 0.3) is 5.91 Å². The van der Waals surface area contributed by atoms with Gasteiger partial charge in [0, 0.05) is 46.4 Å². The third kappa shape index (κ3) is 24.8. The molecule has 3 fully saturated rings. The van der Waals surface area contributed by atoms with Crippen molar-refractivity contribution >= 4 is 46.1 Å². The summed E-state index contributed by atoms with van der Waals surface area (Å²) in [5.41, 5.74) is 7.21. The number of ether oxygens (including phenoxy) is 10. The first-order valence-corrected chi connectivity index (χ1v) is 37.9. The maximum absolute atomic E-state index is 15.0. The van der Waals surface area contributed by atoms with E-state index < -0.39 is 157 Å². The second-order valence-electron chi connectivity index (χ2n) is 25.7. The van der Waals surface area contributed by atoms with Gasteiger partial charge in [-0.1, -0.05) is 194 Å². The van der Waals surface area contributed by atoms with Gasteiger partial charge in [-0.05, 0) is 45.5 Å². The molecule has 0 saturated carbocycles. The number of carboxylic acids is 1. The van der Waals surface area contributed by atoms with E-state index in [9.17, 15) is 43.3 Å². The number of amides is 4. The van der Waals surface area contributed by atoms with Crippen LogP contribution < -0.4 is 21.6 Å². The monoisotopic (exact) mass is 1550 g/mol. The van der Waals surface area contributed by atoms with Crippen LogP contribution in [-0.2, 0) is 138 Å². The molecule has 4 amide bonds. The van der Waals surface area contributed by atoms with Gasteiger partial charge in [0.1, 0.15) is 61.5 Å². The third-order valence-corrected chi connectivity index (χ3v) is 19.5. The first-order valence-electron chi connectivity index (χ1n) is 35.4. The summed E-state index contributed by atoms with van der Waals surface area (Å²) in [7, 11) is -4.56. The highest BCUT2D eigenvalue weighted by Gasteiger charge is 2.61. The molecule has 0 spiro atoms. The lowest BCUT2D eigenvalue weighted by atomic mass is 9.79. The highest BCUT2D eigenvalue weighted by molar-refractivity contribution is 7.33. The van der Waals surface area contributed by atoms with E-state index >= 15 is 0 Å². The topological polar surface area (TPSA) is 356 Å². The van der Waals surface area contributed by atoms with E-state index in [0.29, 0.717) is 16.7 Å². The molecular formula is C78H92N4O25P2. The molecule has 0 aromatic heterocycles. The van der Waals surface area contributed by atoms with Crippen LogP contribution in [0.25, 0.3) is 0 Å². The first kappa shape index (κ1) is 83.1. The Hall–Kier alpha value is -8.33. The van der Waals surface area contributed by atoms with Gasteiger partial charge >= 0.3 is 22.5 Å². The maximum atomic E-state index is 15.0. The lowest BCUT2D eigenvalue weighted by Gasteiger charge is -2.53. The zero-order valence-corrected chi connectivity index (χ0v) is 62.3. The summed E-state index contributed by atoms with van der Waals surface area (Å²) in [5.74, 6) is -5.47. The third-order valence-electron chi connectivity index (χ3n) is 18.0. The van der Waals surface area contributed by atoms with E-state index in [1.807, 2.05) is 158 Å². The van der Waals surface area contributed by atoms with Gasteiger partial charge in [0.2, 0.25) is 17.7 Å². The second-order valence-corrected chi connectivity index (χ2v) is 28.0. The molecule has 109 heavy (non-hydrogen) atoms. The van der Waals surface area contributed by atoms with Crippen molar-refractivity contribution in [1.82, 2.24) is 21.6 Å². The number of nitrogens with one attached hydrogen (secondary N) is 4. The van der Waals surface area contributed by atoms with E-state index in [1.54, 1.807) is 30.3 Å². The average molecular weight is 1550 g/mol. The molecule has 6 N–H and O–H groups in total. The highest BCUT2D eigenvalue weighted by atomic mass is 31.1. The van der Waals surface area contributed by atoms with Crippen LogP contribution in [0.3, 0.4) is 0 Å². The number of carbonyl (C=O) groups excluding carboxylic acids is 4. The van der Waals surface area contributed by atoms with E-state index in [-0.39, 0.29) is 76.9 Å². The molecule has 3 saturated heterocycles. The molecule has 16 atom stereocenters. The number of hydroxylamine groups is 2. The van der Waals surface area contributed by atoms with Gasteiger partial charge < -0.3 is 77.3 Å². The standard InChI is InChI=1S/C78H92N4O25P2/c1-52(84)80-78(73(100-49-58-34-20-9-21-35-58)72(99-48-57-32-18-8-19-33-57)63(43-83)105-77(78)107-109(91)93-3)42-67(86)82-102-51-65-71(98-47-56-30-16-7-17-31-56)69(96-45-54-26-12-5-13-27-54)61(76(104-65)106-108(90)92-2)40-66(85)81-101-50-64-70(97-46-55-28-14-6-15-29-55)62(95-44-53-24-10-4-11-25-53)41-68(103-64)94-39-38-79-74(87)59-36-22-23-37-60(59)75(88)89/h4-37,61-65,68-73,76-77,83,108-109H,38-51H2,1-3H3,(H,79,87)(H,80,84)(H,81,85)(H,82,86)(H,88,89)/t61-,62-,63-,64-,65-,68+,69-,70+,71-,72-,73+,76-,77-,78-/m1/s1. The molecule has 29 nitrogen and oxygen atoms in total. The van der Waals surface area contributed by atoms with E-state index in [4.69, 9.17) is 75.1 Å². The highest BCUT2D eigenvalue weighted by Crippen LogP contribution is 2.43. The molecule has 3 aliphatic heterocycles. The molecule has 10 rings (SSSR count). The quantitative estimate of drug-likeness (QED) is 0.0118. The summed E-state index contributed by atoms with van der Waals surface area (Å²) in [6.45, 7) is -0.552. The number of hydrogen-bond acceptors (Lipinski definition) is 24. The molecular weight excluding hydrogens is 1450 g/mol. The van der Waals surface area contributed by atoms with Crippen molar-refractivity contribution in [3.63, 3.8) is 0 Å². The molecule has 584 valence electrons. The van der Waals surface area contributed by atoms with Crippen LogP contribution >= 0.6 is 16.5 Å². The summed E-state index contributed by atoms with van der Waals surface area (Å²) in [5, 5.41) is 26.2. The van der Waals surface area contributed by atoms with E-state index in [1.165, 1.54) is 25.1 Å². The van der Waals surface area contributed by atoms with Gasteiger partial charge in [-0.15, -0.1) is 0 Å². The second kappa shape index (κ2) is 43.3. The summed E-state index contributed by atoms with van der Waals surface area (Å²) in [6, 6.07) is 61.1. The van der Waals surface area contributed by atoms with Crippen LogP contribution in [0.1, 0.15) is 80.3 Å². The Labute approximate surface area is 632 Å². The number of aliphatic hydroxyl groups is 1. The fourth-order valence-electron chi connectivity index (χ4n) is 12.9. The van der Waals surface area contributed by atoms with Crippen molar-refractivity contribution in [1.29, 1.82) is 0 Å². The number of aliphatic hydroxyl groups excluding tert-OH is 1. The molecule has 0 aliphatic carbocycles. The van der Waals surface area contributed by atoms with Gasteiger partial charge in [0.05, 0.1) is 82.6 Å². The Morgan fingerprint density at radius 3 is 1.43 bits per heavy atom. The lowest BCUT2D eigenvalue weighted by Crippen LogP contribution is -2.75. The van der Waals surface area contributed by atoms with Crippen molar-refractivity contribution in [2.45, 2.75) is 145 Å². The number of aromatic carboxylic acids is 1.